The Hall–Kier alpha value is -2.01. The minimum atomic E-state index is -0.275. The summed E-state index contributed by atoms with van der Waals surface area (Å²) < 4.78 is 0. The Morgan fingerprint density at radius 1 is 1.53 bits per heavy atom. The van der Waals surface area contributed by atoms with E-state index in [1.807, 2.05) is 0 Å². The highest BCUT2D eigenvalue weighted by atomic mass is 35.5. The van der Waals surface area contributed by atoms with Gasteiger partial charge in [-0.15, -0.1) is 0 Å². The number of aromatic nitrogens is 2. The number of carbonyl (C=O) groups is 1. The number of nitrogens with one attached hydrogen (secondary N) is 2. The zero-order chi connectivity index (χ0) is 12.3. The van der Waals surface area contributed by atoms with Crippen molar-refractivity contribution < 1.29 is 9.90 Å². The van der Waals surface area contributed by atoms with E-state index in [1.165, 1.54) is 18.2 Å². The Morgan fingerprint density at radius 3 is 3.00 bits per heavy atom. The van der Waals surface area contributed by atoms with Crippen LogP contribution in [0.5, 0.6) is 5.75 Å². The summed E-state index contributed by atoms with van der Waals surface area (Å²) in [4.78, 5) is 18.6. The molecule has 6 heteroatoms. The molecule has 88 valence electrons. The monoisotopic (exact) mass is 251 g/mol. The van der Waals surface area contributed by atoms with Crippen LogP contribution in [0.4, 0.5) is 0 Å². The number of aromatic amines is 1. The van der Waals surface area contributed by atoms with Crippen LogP contribution in [0.25, 0.3) is 0 Å². The molecule has 17 heavy (non-hydrogen) atoms. The van der Waals surface area contributed by atoms with Crippen molar-refractivity contribution in [2.45, 2.75) is 6.54 Å². The van der Waals surface area contributed by atoms with Crippen LogP contribution >= 0.6 is 11.6 Å². The molecular weight excluding hydrogens is 242 g/mol. The Labute approximate surface area is 102 Å². The maximum atomic E-state index is 11.7. The molecule has 3 N–H and O–H groups in total. The average Bonchev–Trinajstić information content (AvgIpc) is 2.82. The van der Waals surface area contributed by atoms with Crippen LogP contribution in [0.1, 0.15) is 16.2 Å². The van der Waals surface area contributed by atoms with Gasteiger partial charge in [0.05, 0.1) is 11.6 Å². The number of hydrogen-bond donors (Lipinski definition) is 3. The van der Waals surface area contributed by atoms with Gasteiger partial charge in [0.25, 0.3) is 5.91 Å². The highest BCUT2D eigenvalue weighted by Gasteiger charge is 2.08. The highest BCUT2D eigenvalue weighted by molar-refractivity contribution is 6.32. The van der Waals surface area contributed by atoms with Crippen molar-refractivity contribution in [1.29, 1.82) is 0 Å². The van der Waals surface area contributed by atoms with Crippen LogP contribution in [0.3, 0.4) is 0 Å². The van der Waals surface area contributed by atoms with Crippen LogP contribution in [0.15, 0.2) is 30.6 Å². The Bertz CT molecular complexity index is 526. The minimum absolute atomic E-state index is 0.0470. The number of H-pyrrole nitrogens is 1. The molecule has 2 rings (SSSR count). The van der Waals surface area contributed by atoms with Crippen molar-refractivity contribution in [2.75, 3.05) is 0 Å². The summed E-state index contributed by atoms with van der Waals surface area (Å²) >= 11 is 5.71. The fraction of sp³-hybridized carbons (Fsp3) is 0.0909. The first kappa shape index (κ1) is 11.5. The van der Waals surface area contributed by atoms with Crippen molar-refractivity contribution in [3.8, 4) is 5.75 Å². The average molecular weight is 252 g/mol. The van der Waals surface area contributed by atoms with Gasteiger partial charge in [0.15, 0.2) is 0 Å². The van der Waals surface area contributed by atoms with Crippen molar-refractivity contribution in [3.05, 3.63) is 47.0 Å². The van der Waals surface area contributed by atoms with Crippen LogP contribution in [0.2, 0.25) is 5.02 Å². The van der Waals surface area contributed by atoms with Gasteiger partial charge in [-0.3, -0.25) is 4.79 Å². The second-order valence-corrected chi connectivity index (χ2v) is 3.79. The van der Waals surface area contributed by atoms with Gasteiger partial charge in [-0.2, -0.15) is 0 Å². The van der Waals surface area contributed by atoms with Gasteiger partial charge >= 0.3 is 0 Å². The molecule has 0 spiro atoms. The normalized spacial score (nSPS) is 10.2. The Balaban J connectivity index is 2.02. The van der Waals surface area contributed by atoms with Crippen LogP contribution in [-0.2, 0) is 6.54 Å². The summed E-state index contributed by atoms with van der Waals surface area (Å²) in [7, 11) is 0. The highest BCUT2D eigenvalue weighted by Crippen LogP contribution is 2.23. The number of aromatic hydroxyl groups is 1. The summed E-state index contributed by atoms with van der Waals surface area (Å²) in [5.74, 6) is 0.348. The lowest BCUT2D eigenvalue weighted by molar-refractivity contribution is 0.0950. The van der Waals surface area contributed by atoms with Gasteiger partial charge < -0.3 is 15.4 Å². The van der Waals surface area contributed by atoms with Crippen molar-refractivity contribution in [1.82, 2.24) is 15.3 Å². The molecule has 0 radical (unpaired) electrons. The van der Waals surface area contributed by atoms with Gasteiger partial charge in [-0.1, -0.05) is 11.6 Å². The second kappa shape index (κ2) is 4.88. The summed E-state index contributed by atoms with van der Waals surface area (Å²) in [5, 5.41) is 12.1. The number of phenols is 1. The van der Waals surface area contributed by atoms with E-state index in [1.54, 1.807) is 12.4 Å². The molecule has 0 unspecified atom stereocenters. The van der Waals surface area contributed by atoms with E-state index in [0.717, 1.165) is 0 Å². The number of imidazole rings is 1. The van der Waals surface area contributed by atoms with E-state index in [-0.39, 0.29) is 16.7 Å². The van der Waals surface area contributed by atoms with Gasteiger partial charge in [-0.25, -0.2) is 4.98 Å². The molecule has 0 atom stereocenters. The molecule has 1 aromatic heterocycles. The van der Waals surface area contributed by atoms with E-state index in [2.05, 4.69) is 15.3 Å². The molecule has 0 saturated carbocycles. The molecule has 1 amide bonds. The van der Waals surface area contributed by atoms with Crippen LogP contribution < -0.4 is 5.32 Å². The third kappa shape index (κ3) is 2.76. The maximum Gasteiger partial charge on any atom is 0.251 e. The lowest BCUT2D eigenvalue weighted by Crippen LogP contribution is -2.23. The quantitative estimate of drug-likeness (QED) is 0.777. The van der Waals surface area contributed by atoms with E-state index in [9.17, 15) is 9.90 Å². The molecule has 0 saturated heterocycles. The first-order valence-electron chi connectivity index (χ1n) is 4.92. The van der Waals surface area contributed by atoms with Gasteiger partial charge in [0.1, 0.15) is 11.6 Å². The molecule has 0 aliphatic rings. The lowest BCUT2D eigenvalue weighted by atomic mass is 10.2. The van der Waals surface area contributed by atoms with E-state index in [4.69, 9.17) is 11.6 Å². The van der Waals surface area contributed by atoms with Crippen LogP contribution in [-0.4, -0.2) is 21.0 Å². The van der Waals surface area contributed by atoms with Crippen molar-refractivity contribution >= 4 is 17.5 Å². The summed E-state index contributed by atoms with van der Waals surface area (Å²) in [6.45, 7) is 0.310. The fourth-order valence-electron chi connectivity index (χ4n) is 1.31. The number of nitrogens with zero attached hydrogens (tertiary/aromatic N) is 1. The number of rotatable bonds is 3. The number of amides is 1. The zero-order valence-electron chi connectivity index (χ0n) is 8.77. The molecule has 1 heterocycles. The van der Waals surface area contributed by atoms with E-state index < -0.39 is 0 Å². The first-order chi connectivity index (χ1) is 8.16. The van der Waals surface area contributed by atoms with Gasteiger partial charge in [0, 0.05) is 18.0 Å². The largest absolute Gasteiger partial charge is 0.506 e. The fourth-order valence-corrected chi connectivity index (χ4v) is 1.49. The molecule has 5 nitrogen and oxygen atoms in total. The summed E-state index contributed by atoms with van der Waals surface area (Å²) in [6.07, 6.45) is 3.29. The zero-order valence-corrected chi connectivity index (χ0v) is 9.53. The Morgan fingerprint density at radius 2 is 2.35 bits per heavy atom. The number of phenolic OH excluding ortho intramolecular Hbond substituents is 1. The molecule has 0 fully saturated rings. The molecule has 0 aliphatic heterocycles. The van der Waals surface area contributed by atoms with Crippen LogP contribution in [0, 0.1) is 0 Å². The summed E-state index contributed by atoms with van der Waals surface area (Å²) in [6, 6.07) is 4.29. The number of hydrogen-bond acceptors (Lipinski definition) is 3. The number of halogens is 1. The molecular formula is C11H10ClN3O2. The van der Waals surface area contributed by atoms with Crippen molar-refractivity contribution in [2.24, 2.45) is 0 Å². The number of carbonyl (C=O) groups excluding carboxylic acids is 1. The van der Waals surface area contributed by atoms with Gasteiger partial charge in [0.2, 0.25) is 0 Å². The smallest absolute Gasteiger partial charge is 0.251 e. The topological polar surface area (TPSA) is 78.0 Å². The van der Waals surface area contributed by atoms with E-state index in [0.29, 0.717) is 17.9 Å². The van der Waals surface area contributed by atoms with E-state index >= 15 is 0 Å². The number of benzene rings is 1. The first-order valence-corrected chi connectivity index (χ1v) is 5.29. The maximum absolute atomic E-state index is 11.7. The van der Waals surface area contributed by atoms with Gasteiger partial charge in [-0.05, 0) is 18.2 Å². The predicted octanol–water partition coefficient (Wildman–Crippen LogP) is 1.70. The predicted molar refractivity (Wildman–Crippen MR) is 62.9 cm³/mol. The minimum Gasteiger partial charge on any atom is -0.506 e. The lowest BCUT2D eigenvalue weighted by Gasteiger charge is -2.04. The molecule has 0 bridgehead atoms. The Kier molecular flexibility index (Phi) is 3.30. The molecule has 2 aromatic rings. The summed E-state index contributed by atoms with van der Waals surface area (Å²) in [5.41, 5.74) is 0.388. The second-order valence-electron chi connectivity index (χ2n) is 3.38. The standard InChI is InChI=1S/C11H10ClN3O2/c12-8-5-7(1-2-9(8)16)11(17)15-6-10-13-3-4-14-10/h1-5,16H,6H2,(H,13,14)(H,15,17). The molecule has 1 aromatic carbocycles. The SMILES string of the molecule is O=C(NCc1ncc[nH]1)c1ccc(O)c(Cl)c1. The third-order valence-corrected chi connectivity index (χ3v) is 2.48. The third-order valence-electron chi connectivity index (χ3n) is 2.18. The van der Waals surface area contributed by atoms with Crippen molar-refractivity contribution in [3.63, 3.8) is 0 Å². The molecule has 0 aliphatic carbocycles.